The number of rotatable bonds is 5. The number of likely N-dealkylation sites (tertiary alicyclic amines) is 2. The van der Waals surface area contributed by atoms with Crippen LogP contribution in [0.2, 0.25) is 0 Å². The van der Waals surface area contributed by atoms with Crippen molar-refractivity contribution in [2.75, 3.05) is 39.9 Å². The van der Waals surface area contributed by atoms with E-state index in [9.17, 15) is 13.9 Å². The normalized spacial score (nSPS) is 23.8. The van der Waals surface area contributed by atoms with Gasteiger partial charge in [-0.3, -0.25) is 9.80 Å². The second-order valence-corrected chi connectivity index (χ2v) is 7.24. The van der Waals surface area contributed by atoms with E-state index in [0.717, 1.165) is 51.9 Å². The zero-order valence-corrected chi connectivity index (χ0v) is 14.9. The molecule has 0 aromatic heterocycles. The number of nitrogens with zero attached hydrogens (tertiary/aromatic N) is 2. The largest absolute Gasteiger partial charge is 0.494 e. The van der Waals surface area contributed by atoms with Crippen LogP contribution in [0.15, 0.2) is 12.1 Å². The number of aliphatic hydroxyl groups is 1. The van der Waals surface area contributed by atoms with Gasteiger partial charge in [0.25, 0.3) is 0 Å². The van der Waals surface area contributed by atoms with Gasteiger partial charge in [0.15, 0.2) is 11.6 Å². The SMILES string of the molecule is COc1ccc(F)c(CN2CCC(N3CCCC(CO)C3)CC2)c1F. The number of piperidine rings is 2. The maximum absolute atomic E-state index is 14.3. The Bertz CT molecular complexity index is 577. The van der Waals surface area contributed by atoms with E-state index in [4.69, 9.17) is 4.74 Å². The van der Waals surface area contributed by atoms with Gasteiger partial charge in [-0.2, -0.15) is 0 Å². The van der Waals surface area contributed by atoms with Crippen molar-refractivity contribution in [3.63, 3.8) is 0 Å². The lowest BCUT2D eigenvalue weighted by Crippen LogP contribution is -2.48. The zero-order valence-electron chi connectivity index (χ0n) is 14.9. The van der Waals surface area contributed by atoms with Gasteiger partial charge in [-0.05, 0) is 63.4 Å². The summed E-state index contributed by atoms with van der Waals surface area (Å²) in [6.45, 7) is 4.29. The fourth-order valence-corrected chi connectivity index (χ4v) is 4.12. The van der Waals surface area contributed by atoms with Gasteiger partial charge >= 0.3 is 0 Å². The number of ether oxygens (including phenoxy) is 1. The molecule has 0 saturated carbocycles. The van der Waals surface area contributed by atoms with Gasteiger partial charge in [-0.25, -0.2) is 8.78 Å². The van der Waals surface area contributed by atoms with Crippen molar-refractivity contribution in [2.24, 2.45) is 5.92 Å². The van der Waals surface area contributed by atoms with Crippen molar-refractivity contribution in [2.45, 2.75) is 38.3 Å². The molecule has 2 aliphatic rings. The molecule has 1 aromatic rings. The molecular weight excluding hydrogens is 326 g/mol. The molecule has 1 atom stereocenters. The van der Waals surface area contributed by atoms with Crippen LogP contribution in [-0.2, 0) is 6.54 Å². The van der Waals surface area contributed by atoms with Crippen LogP contribution in [0.1, 0.15) is 31.2 Å². The van der Waals surface area contributed by atoms with Crippen LogP contribution >= 0.6 is 0 Å². The van der Waals surface area contributed by atoms with Crippen LogP contribution in [0, 0.1) is 17.6 Å². The highest BCUT2D eigenvalue weighted by molar-refractivity contribution is 5.32. The minimum atomic E-state index is -0.591. The Morgan fingerprint density at radius 3 is 2.60 bits per heavy atom. The van der Waals surface area contributed by atoms with E-state index in [0.29, 0.717) is 12.0 Å². The summed E-state index contributed by atoms with van der Waals surface area (Å²) in [5.74, 6) is -0.616. The molecule has 0 aliphatic carbocycles. The number of hydrogen-bond acceptors (Lipinski definition) is 4. The molecule has 3 rings (SSSR count). The summed E-state index contributed by atoms with van der Waals surface area (Å²) in [7, 11) is 1.39. The lowest BCUT2D eigenvalue weighted by atomic mass is 9.94. The predicted octanol–water partition coefficient (Wildman–Crippen LogP) is 2.64. The lowest BCUT2D eigenvalue weighted by molar-refractivity contribution is 0.0521. The Labute approximate surface area is 148 Å². The molecule has 0 bridgehead atoms. The Morgan fingerprint density at radius 1 is 1.16 bits per heavy atom. The molecular formula is C19H28F2N2O2. The Hall–Kier alpha value is -1.24. The first-order chi connectivity index (χ1) is 12.1. The highest BCUT2D eigenvalue weighted by atomic mass is 19.1. The van der Waals surface area contributed by atoms with Crippen molar-refractivity contribution >= 4 is 0 Å². The van der Waals surface area contributed by atoms with E-state index in [2.05, 4.69) is 9.80 Å². The third-order valence-corrected chi connectivity index (χ3v) is 5.63. The van der Waals surface area contributed by atoms with Crippen molar-refractivity contribution in [1.29, 1.82) is 0 Å². The van der Waals surface area contributed by atoms with Gasteiger partial charge in [0.05, 0.1) is 7.11 Å². The van der Waals surface area contributed by atoms with Gasteiger partial charge in [0, 0.05) is 31.3 Å². The molecule has 2 aliphatic heterocycles. The third-order valence-electron chi connectivity index (χ3n) is 5.63. The molecule has 2 saturated heterocycles. The number of hydrogen-bond donors (Lipinski definition) is 1. The highest BCUT2D eigenvalue weighted by Crippen LogP contribution is 2.27. The van der Waals surface area contributed by atoms with E-state index >= 15 is 0 Å². The number of halogens is 2. The minimum absolute atomic E-state index is 0.0923. The average Bonchev–Trinajstić information content (AvgIpc) is 2.66. The number of benzene rings is 1. The molecule has 1 unspecified atom stereocenters. The summed E-state index contributed by atoms with van der Waals surface area (Å²) in [5.41, 5.74) is 0.0936. The first-order valence-corrected chi connectivity index (χ1v) is 9.20. The number of methoxy groups -OCH3 is 1. The van der Waals surface area contributed by atoms with Gasteiger partial charge < -0.3 is 9.84 Å². The van der Waals surface area contributed by atoms with E-state index in [-0.39, 0.29) is 24.5 Å². The van der Waals surface area contributed by atoms with E-state index < -0.39 is 11.6 Å². The van der Waals surface area contributed by atoms with Crippen LogP contribution in [0.3, 0.4) is 0 Å². The Morgan fingerprint density at radius 2 is 1.92 bits per heavy atom. The van der Waals surface area contributed by atoms with E-state index in [1.807, 2.05) is 0 Å². The lowest BCUT2D eigenvalue weighted by Gasteiger charge is -2.42. The van der Waals surface area contributed by atoms with Crippen molar-refractivity contribution in [1.82, 2.24) is 9.80 Å². The van der Waals surface area contributed by atoms with Crippen LogP contribution in [0.25, 0.3) is 0 Å². The van der Waals surface area contributed by atoms with Crippen LogP contribution in [0.4, 0.5) is 8.78 Å². The standard InChI is InChI=1S/C19H28F2N2O2/c1-25-18-5-4-17(20)16(19(18)21)12-22-9-6-15(7-10-22)23-8-2-3-14(11-23)13-24/h4-5,14-15,24H,2-3,6-13H2,1H3. The van der Waals surface area contributed by atoms with E-state index in [1.165, 1.54) is 19.2 Å². The summed E-state index contributed by atoms with van der Waals surface area (Å²) in [5, 5.41) is 9.39. The monoisotopic (exact) mass is 354 g/mol. The van der Waals surface area contributed by atoms with Crippen LogP contribution in [0.5, 0.6) is 5.75 Å². The summed E-state index contributed by atoms with van der Waals surface area (Å²) >= 11 is 0. The van der Waals surface area contributed by atoms with Crippen LogP contribution < -0.4 is 4.74 Å². The fraction of sp³-hybridized carbons (Fsp3) is 0.684. The minimum Gasteiger partial charge on any atom is -0.494 e. The third kappa shape index (κ3) is 4.30. The average molecular weight is 354 g/mol. The first-order valence-electron chi connectivity index (χ1n) is 9.20. The molecule has 6 heteroatoms. The molecule has 0 radical (unpaired) electrons. The van der Waals surface area contributed by atoms with Crippen molar-refractivity contribution in [3.8, 4) is 5.75 Å². The Balaban J connectivity index is 1.56. The van der Waals surface area contributed by atoms with E-state index in [1.54, 1.807) is 0 Å². The van der Waals surface area contributed by atoms with Crippen LogP contribution in [-0.4, -0.2) is 60.8 Å². The molecule has 0 amide bonds. The predicted molar refractivity (Wildman–Crippen MR) is 92.6 cm³/mol. The topological polar surface area (TPSA) is 35.9 Å². The molecule has 1 N–H and O–H groups in total. The highest BCUT2D eigenvalue weighted by Gasteiger charge is 2.29. The summed E-state index contributed by atoms with van der Waals surface area (Å²) in [6.07, 6.45) is 4.27. The van der Waals surface area contributed by atoms with Gasteiger partial charge in [0.1, 0.15) is 5.82 Å². The maximum atomic E-state index is 14.3. The molecule has 2 fully saturated rings. The summed E-state index contributed by atoms with van der Waals surface area (Å²) < 4.78 is 33.3. The Kier molecular flexibility index (Phi) is 6.25. The molecule has 25 heavy (non-hydrogen) atoms. The summed E-state index contributed by atoms with van der Waals surface area (Å²) in [4.78, 5) is 4.61. The second kappa shape index (κ2) is 8.43. The second-order valence-electron chi connectivity index (χ2n) is 7.24. The van der Waals surface area contributed by atoms with Crippen molar-refractivity contribution < 1.29 is 18.6 Å². The maximum Gasteiger partial charge on any atom is 0.172 e. The first kappa shape index (κ1) is 18.5. The molecule has 1 aromatic carbocycles. The smallest absolute Gasteiger partial charge is 0.172 e. The molecule has 0 spiro atoms. The summed E-state index contributed by atoms with van der Waals surface area (Å²) in [6, 6.07) is 3.12. The molecule has 140 valence electrons. The molecule has 4 nitrogen and oxygen atoms in total. The van der Waals surface area contributed by atoms with Crippen molar-refractivity contribution in [3.05, 3.63) is 29.3 Å². The fourth-order valence-electron chi connectivity index (χ4n) is 4.12. The quantitative estimate of drug-likeness (QED) is 0.882. The van der Waals surface area contributed by atoms with Gasteiger partial charge in [-0.1, -0.05) is 0 Å². The van der Waals surface area contributed by atoms with Gasteiger partial charge in [0.2, 0.25) is 0 Å². The number of aliphatic hydroxyl groups excluding tert-OH is 1. The molecule has 2 heterocycles. The van der Waals surface area contributed by atoms with Gasteiger partial charge in [-0.15, -0.1) is 0 Å². The zero-order chi connectivity index (χ0) is 17.8.